The van der Waals surface area contributed by atoms with E-state index in [2.05, 4.69) is 13.0 Å². The van der Waals surface area contributed by atoms with Crippen LogP contribution in [0.2, 0.25) is 0 Å². The van der Waals surface area contributed by atoms with Gasteiger partial charge in [-0.1, -0.05) is 0 Å². The summed E-state index contributed by atoms with van der Waals surface area (Å²) in [5.41, 5.74) is 6.01. The van der Waals surface area contributed by atoms with Crippen LogP contribution >= 0.6 is 11.3 Å². The quantitative estimate of drug-likeness (QED) is 0.882. The molecule has 2 aliphatic rings. The first kappa shape index (κ1) is 12.6. The number of hydrogen-bond acceptors (Lipinski definition) is 4. The summed E-state index contributed by atoms with van der Waals surface area (Å²) in [6, 6.07) is 2.06. The molecule has 2 bridgehead atoms. The highest BCUT2D eigenvalue weighted by atomic mass is 32.1. The Hall–Kier alpha value is -0.420. The molecule has 3 N–H and O–H groups in total. The number of aryl methyl sites for hydroxylation is 1. The minimum atomic E-state index is -0.889. The third kappa shape index (κ3) is 1.46. The van der Waals surface area contributed by atoms with E-state index in [4.69, 9.17) is 10.5 Å². The summed E-state index contributed by atoms with van der Waals surface area (Å²) in [6.07, 6.45) is 3.45. The molecule has 3 nitrogen and oxygen atoms in total. The molecule has 2 saturated heterocycles. The fourth-order valence-electron chi connectivity index (χ4n) is 3.82. The van der Waals surface area contributed by atoms with Crippen LogP contribution < -0.4 is 5.73 Å². The molecule has 1 aromatic rings. The van der Waals surface area contributed by atoms with Crippen LogP contribution in [-0.4, -0.2) is 23.9 Å². The first-order valence-electron chi connectivity index (χ1n) is 6.64. The van der Waals surface area contributed by atoms with Crippen molar-refractivity contribution in [1.82, 2.24) is 0 Å². The topological polar surface area (TPSA) is 55.5 Å². The van der Waals surface area contributed by atoms with Gasteiger partial charge < -0.3 is 15.6 Å². The molecule has 2 aliphatic heterocycles. The number of ether oxygens (including phenoxy) is 1. The number of aliphatic hydroxyl groups is 1. The second-order valence-electron chi connectivity index (χ2n) is 5.89. The van der Waals surface area contributed by atoms with Crippen LogP contribution in [0.25, 0.3) is 0 Å². The van der Waals surface area contributed by atoms with E-state index in [1.54, 1.807) is 11.3 Å². The number of hydrogen-bond donors (Lipinski definition) is 2. The molecule has 0 amide bonds. The molecular weight excluding hydrogens is 246 g/mol. The minimum absolute atomic E-state index is 0.115. The Morgan fingerprint density at radius 3 is 2.83 bits per heavy atom. The van der Waals surface area contributed by atoms with E-state index in [0.717, 1.165) is 29.7 Å². The standard InChI is InChI=1S/C14H21NO2S/c1-9-5-6-18-12(9)13(2,16)14(8-15)7-10-3-4-11(14)17-10/h5-6,10-11,16H,3-4,7-8,15H2,1-2H3. The third-order valence-corrected chi connectivity index (χ3v) is 6.18. The van der Waals surface area contributed by atoms with Gasteiger partial charge in [0.1, 0.15) is 5.60 Å². The SMILES string of the molecule is Cc1ccsc1C(C)(O)C1(CN)CC2CCC1O2. The molecule has 4 unspecified atom stereocenters. The van der Waals surface area contributed by atoms with Crippen LogP contribution in [0.5, 0.6) is 0 Å². The lowest BCUT2D eigenvalue weighted by molar-refractivity contribution is -0.103. The van der Waals surface area contributed by atoms with Crippen molar-refractivity contribution in [1.29, 1.82) is 0 Å². The number of rotatable bonds is 3. The second-order valence-corrected chi connectivity index (χ2v) is 6.81. The van der Waals surface area contributed by atoms with Gasteiger partial charge in [-0.15, -0.1) is 11.3 Å². The molecule has 2 fully saturated rings. The van der Waals surface area contributed by atoms with E-state index in [-0.39, 0.29) is 11.5 Å². The van der Waals surface area contributed by atoms with E-state index in [1.165, 1.54) is 0 Å². The Morgan fingerprint density at radius 2 is 2.39 bits per heavy atom. The Kier molecular flexibility index (Phi) is 2.83. The zero-order valence-corrected chi connectivity index (χ0v) is 11.8. The van der Waals surface area contributed by atoms with Crippen LogP contribution in [0.3, 0.4) is 0 Å². The Balaban J connectivity index is 2.04. The largest absolute Gasteiger partial charge is 0.384 e. The average molecular weight is 267 g/mol. The summed E-state index contributed by atoms with van der Waals surface area (Å²) in [4.78, 5) is 1.05. The van der Waals surface area contributed by atoms with E-state index in [9.17, 15) is 5.11 Å². The molecule has 18 heavy (non-hydrogen) atoms. The van der Waals surface area contributed by atoms with Crippen molar-refractivity contribution in [3.8, 4) is 0 Å². The smallest absolute Gasteiger partial charge is 0.106 e. The van der Waals surface area contributed by atoms with Gasteiger partial charge in [-0.2, -0.15) is 0 Å². The summed E-state index contributed by atoms with van der Waals surface area (Å²) in [7, 11) is 0. The summed E-state index contributed by atoms with van der Waals surface area (Å²) in [5, 5.41) is 13.2. The molecule has 4 atom stereocenters. The van der Waals surface area contributed by atoms with Gasteiger partial charge in [0, 0.05) is 16.8 Å². The van der Waals surface area contributed by atoms with Crippen LogP contribution in [0.4, 0.5) is 0 Å². The molecule has 3 rings (SSSR count). The van der Waals surface area contributed by atoms with E-state index in [0.29, 0.717) is 12.6 Å². The zero-order chi connectivity index (χ0) is 13.0. The number of fused-ring (bicyclic) bond motifs is 2. The van der Waals surface area contributed by atoms with Crippen molar-refractivity contribution in [2.75, 3.05) is 6.54 Å². The van der Waals surface area contributed by atoms with Crippen molar-refractivity contribution in [2.24, 2.45) is 11.1 Å². The maximum Gasteiger partial charge on any atom is 0.106 e. The number of nitrogens with two attached hydrogens (primary N) is 1. The number of thiophene rings is 1. The van der Waals surface area contributed by atoms with Gasteiger partial charge in [-0.05, 0) is 50.1 Å². The van der Waals surface area contributed by atoms with Gasteiger partial charge in [-0.3, -0.25) is 0 Å². The normalized spacial score (nSPS) is 38.0. The Labute approximate surface area is 112 Å². The molecule has 4 heteroatoms. The summed E-state index contributed by atoms with van der Waals surface area (Å²) in [6.45, 7) is 4.46. The molecule has 1 aromatic heterocycles. The fourth-order valence-corrected chi connectivity index (χ4v) is 4.92. The highest BCUT2D eigenvalue weighted by Gasteiger charge is 2.61. The Bertz CT molecular complexity index is 456. The maximum atomic E-state index is 11.2. The lowest BCUT2D eigenvalue weighted by Crippen LogP contribution is -2.54. The average Bonchev–Trinajstić information content (AvgIpc) is 3.02. The monoisotopic (exact) mass is 267 g/mol. The lowest BCUT2D eigenvalue weighted by atomic mass is 9.62. The maximum absolute atomic E-state index is 11.2. The third-order valence-electron chi connectivity index (χ3n) is 4.95. The van der Waals surface area contributed by atoms with Crippen LogP contribution in [0.1, 0.15) is 36.6 Å². The van der Waals surface area contributed by atoms with E-state index in [1.807, 2.05) is 12.3 Å². The summed E-state index contributed by atoms with van der Waals surface area (Å²) >= 11 is 1.62. The first-order chi connectivity index (χ1) is 8.51. The highest BCUT2D eigenvalue weighted by molar-refractivity contribution is 7.10. The summed E-state index contributed by atoms with van der Waals surface area (Å²) in [5.74, 6) is 0. The van der Waals surface area contributed by atoms with Gasteiger partial charge in [0.2, 0.25) is 0 Å². The van der Waals surface area contributed by atoms with Gasteiger partial charge in [0.15, 0.2) is 0 Å². The van der Waals surface area contributed by atoms with Crippen molar-refractivity contribution in [3.63, 3.8) is 0 Å². The van der Waals surface area contributed by atoms with Gasteiger partial charge in [-0.25, -0.2) is 0 Å². The molecule has 3 heterocycles. The van der Waals surface area contributed by atoms with E-state index >= 15 is 0 Å². The minimum Gasteiger partial charge on any atom is -0.384 e. The lowest BCUT2D eigenvalue weighted by Gasteiger charge is -2.46. The predicted molar refractivity (Wildman–Crippen MR) is 72.6 cm³/mol. The van der Waals surface area contributed by atoms with Crippen LogP contribution in [0, 0.1) is 12.3 Å². The molecular formula is C14H21NO2S. The molecule has 100 valence electrons. The molecule has 0 saturated carbocycles. The van der Waals surface area contributed by atoms with Crippen molar-refractivity contribution in [2.45, 2.75) is 50.9 Å². The van der Waals surface area contributed by atoms with Crippen molar-refractivity contribution in [3.05, 3.63) is 21.9 Å². The second kappa shape index (κ2) is 4.04. The molecule has 0 spiro atoms. The molecule has 0 aromatic carbocycles. The predicted octanol–water partition coefficient (Wildman–Crippen LogP) is 2.16. The van der Waals surface area contributed by atoms with E-state index < -0.39 is 5.60 Å². The van der Waals surface area contributed by atoms with Gasteiger partial charge in [0.25, 0.3) is 0 Å². The first-order valence-corrected chi connectivity index (χ1v) is 7.52. The van der Waals surface area contributed by atoms with Gasteiger partial charge >= 0.3 is 0 Å². The Morgan fingerprint density at radius 1 is 1.61 bits per heavy atom. The fraction of sp³-hybridized carbons (Fsp3) is 0.714. The molecule has 0 radical (unpaired) electrons. The zero-order valence-electron chi connectivity index (χ0n) is 11.0. The van der Waals surface area contributed by atoms with Crippen molar-refractivity contribution < 1.29 is 9.84 Å². The van der Waals surface area contributed by atoms with Crippen LogP contribution in [0.15, 0.2) is 11.4 Å². The summed E-state index contributed by atoms with van der Waals surface area (Å²) < 4.78 is 5.97. The van der Waals surface area contributed by atoms with Gasteiger partial charge in [0.05, 0.1) is 12.2 Å². The van der Waals surface area contributed by atoms with Crippen molar-refractivity contribution >= 4 is 11.3 Å². The molecule has 0 aliphatic carbocycles. The highest BCUT2D eigenvalue weighted by Crippen LogP contribution is 2.57. The van der Waals surface area contributed by atoms with Crippen LogP contribution in [-0.2, 0) is 10.3 Å².